The third-order valence-electron chi connectivity index (χ3n) is 5.78. The van der Waals surface area contributed by atoms with Gasteiger partial charge in [-0.1, -0.05) is 36.4 Å². The number of rotatable bonds is 6. The van der Waals surface area contributed by atoms with Gasteiger partial charge in [-0.05, 0) is 30.9 Å². The van der Waals surface area contributed by atoms with Gasteiger partial charge in [-0.15, -0.1) is 22.7 Å². The molecule has 2 aromatic heterocycles. The molecule has 3 unspecified atom stereocenters. The number of hydrogen-bond donors (Lipinski definition) is 2. The largest absolute Gasteiger partial charge is 0.469 e. The molecule has 0 spiro atoms. The number of hydrogen-bond acceptors (Lipinski definition) is 9. The molecule has 0 bridgehead atoms. The van der Waals surface area contributed by atoms with Crippen LogP contribution in [0.1, 0.15) is 25.3 Å². The van der Waals surface area contributed by atoms with Crippen molar-refractivity contribution in [1.29, 1.82) is 0 Å². The van der Waals surface area contributed by atoms with Crippen molar-refractivity contribution in [3.05, 3.63) is 70.1 Å². The molecule has 172 valence electrons. The molecule has 0 aliphatic carbocycles. The minimum atomic E-state index is -0.986. The highest BCUT2D eigenvalue weighted by molar-refractivity contribution is 7.15. The average Bonchev–Trinajstić information content (AvgIpc) is 3.50. The van der Waals surface area contributed by atoms with Gasteiger partial charge in [-0.3, -0.25) is 4.79 Å². The number of nitrogens with zero attached hydrogens (tertiary/aromatic N) is 1. The smallest absolute Gasteiger partial charge is 0.336 e. The summed E-state index contributed by atoms with van der Waals surface area (Å²) in [5.41, 5.74) is 1.73. The van der Waals surface area contributed by atoms with E-state index in [1.807, 2.05) is 67.1 Å². The Balaban J connectivity index is 1.81. The molecule has 2 N–H and O–H groups in total. The van der Waals surface area contributed by atoms with Crippen LogP contribution < -0.4 is 10.6 Å². The maximum atomic E-state index is 13.2. The van der Waals surface area contributed by atoms with E-state index in [1.165, 1.54) is 25.6 Å². The Bertz CT molecular complexity index is 1170. The van der Waals surface area contributed by atoms with Gasteiger partial charge in [0.15, 0.2) is 5.13 Å². The summed E-state index contributed by atoms with van der Waals surface area (Å²) in [5.74, 6) is -2.30. The van der Waals surface area contributed by atoms with E-state index in [9.17, 15) is 9.59 Å². The van der Waals surface area contributed by atoms with E-state index >= 15 is 0 Å². The number of benzene rings is 1. The fourth-order valence-corrected chi connectivity index (χ4v) is 5.96. The maximum Gasteiger partial charge on any atom is 0.336 e. The molecule has 33 heavy (non-hydrogen) atoms. The number of allylic oxidation sites excluding steroid dienone is 1. The van der Waals surface area contributed by atoms with Gasteiger partial charge in [0, 0.05) is 17.0 Å². The van der Waals surface area contributed by atoms with Gasteiger partial charge in [-0.2, -0.15) is 0 Å². The Morgan fingerprint density at radius 3 is 2.48 bits per heavy atom. The first-order valence-corrected chi connectivity index (χ1v) is 12.1. The van der Waals surface area contributed by atoms with Gasteiger partial charge in [0.2, 0.25) is 0 Å². The van der Waals surface area contributed by atoms with E-state index in [-0.39, 0.29) is 0 Å². The highest BCUT2D eigenvalue weighted by Gasteiger charge is 2.52. The summed E-state index contributed by atoms with van der Waals surface area (Å²) in [7, 11) is 2.69. The molecule has 0 radical (unpaired) electrons. The molecule has 0 saturated carbocycles. The number of nitrogens with one attached hydrogen (secondary N) is 2. The number of carbonyl (C=O) groups excluding carboxylic acids is 2. The van der Waals surface area contributed by atoms with E-state index in [1.54, 1.807) is 11.3 Å². The Morgan fingerprint density at radius 1 is 1.09 bits per heavy atom. The Kier molecular flexibility index (Phi) is 6.53. The van der Waals surface area contributed by atoms with Gasteiger partial charge >= 0.3 is 11.9 Å². The van der Waals surface area contributed by atoms with Crippen LogP contribution in [0.2, 0.25) is 0 Å². The molecule has 0 saturated heterocycles. The average molecular weight is 484 g/mol. The van der Waals surface area contributed by atoms with Crippen molar-refractivity contribution in [2.24, 2.45) is 5.92 Å². The summed E-state index contributed by atoms with van der Waals surface area (Å²) in [6.45, 7) is 3.70. The second kappa shape index (κ2) is 9.36. The minimum absolute atomic E-state index is 0.400. The number of aromatic nitrogens is 1. The molecule has 1 aliphatic heterocycles. The Labute approximate surface area is 200 Å². The second-order valence-corrected chi connectivity index (χ2v) is 9.69. The molecule has 3 heterocycles. The molecule has 1 aromatic carbocycles. The Hall–Kier alpha value is -3.17. The molecule has 9 heteroatoms. The number of methoxy groups -OCH3 is 2. The van der Waals surface area contributed by atoms with Crippen molar-refractivity contribution in [1.82, 2.24) is 10.3 Å². The van der Waals surface area contributed by atoms with Gasteiger partial charge in [0.1, 0.15) is 11.6 Å². The van der Waals surface area contributed by atoms with E-state index in [4.69, 9.17) is 14.5 Å². The first-order valence-electron chi connectivity index (χ1n) is 10.4. The quantitative estimate of drug-likeness (QED) is 0.495. The molecular weight excluding hydrogens is 458 g/mol. The lowest BCUT2D eigenvalue weighted by atomic mass is 9.71. The van der Waals surface area contributed by atoms with Crippen molar-refractivity contribution in [3.8, 4) is 10.6 Å². The SMILES string of the molecule is COC(=O)C1=C(C)NC(C)(Nc2nc(-c3cccs3)cs2)C(C(=O)OC)C1c1ccccc1. The van der Waals surface area contributed by atoms with Crippen molar-refractivity contribution in [2.75, 3.05) is 19.5 Å². The molecular formula is C24H25N3O4S2. The van der Waals surface area contributed by atoms with E-state index in [0.29, 0.717) is 16.4 Å². The lowest BCUT2D eigenvalue weighted by Crippen LogP contribution is -2.62. The lowest BCUT2D eigenvalue weighted by molar-refractivity contribution is -0.149. The zero-order valence-corrected chi connectivity index (χ0v) is 20.4. The van der Waals surface area contributed by atoms with Crippen LogP contribution in [-0.4, -0.2) is 36.8 Å². The lowest BCUT2D eigenvalue weighted by Gasteiger charge is -2.46. The third kappa shape index (κ3) is 4.38. The summed E-state index contributed by atoms with van der Waals surface area (Å²) in [6, 6.07) is 13.5. The molecule has 0 fully saturated rings. The summed E-state index contributed by atoms with van der Waals surface area (Å²) in [4.78, 5) is 31.8. The zero-order valence-electron chi connectivity index (χ0n) is 18.7. The van der Waals surface area contributed by atoms with Gasteiger partial charge in [0.25, 0.3) is 0 Å². The maximum absolute atomic E-state index is 13.2. The molecule has 3 aromatic rings. The second-order valence-electron chi connectivity index (χ2n) is 7.89. The fraction of sp³-hybridized carbons (Fsp3) is 0.292. The van der Waals surface area contributed by atoms with E-state index in [0.717, 1.165) is 16.1 Å². The standard InChI is InChI=1S/C24H25N3O4S2/c1-14-18(21(28)30-3)19(15-9-6-5-7-10-15)20(22(29)31-4)24(2,26-14)27-23-25-16(13-33-23)17-11-8-12-32-17/h5-13,19-20,26H,1-4H3,(H,25,27). The molecule has 3 atom stereocenters. The van der Waals surface area contributed by atoms with Crippen molar-refractivity contribution in [2.45, 2.75) is 25.4 Å². The van der Waals surface area contributed by atoms with Crippen LogP contribution in [0, 0.1) is 5.92 Å². The van der Waals surface area contributed by atoms with Crippen LogP contribution in [-0.2, 0) is 19.1 Å². The monoisotopic (exact) mass is 483 g/mol. The van der Waals surface area contributed by atoms with Crippen LogP contribution in [0.25, 0.3) is 10.6 Å². The van der Waals surface area contributed by atoms with Crippen LogP contribution >= 0.6 is 22.7 Å². The van der Waals surface area contributed by atoms with Crippen molar-refractivity contribution in [3.63, 3.8) is 0 Å². The number of thiophene rings is 1. The van der Waals surface area contributed by atoms with Crippen LogP contribution in [0.3, 0.4) is 0 Å². The van der Waals surface area contributed by atoms with Gasteiger partial charge in [0.05, 0.1) is 30.4 Å². The third-order valence-corrected chi connectivity index (χ3v) is 7.43. The summed E-state index contributed by atoms with van der Waals surface area (Å²) >= 11 is 3.07. The number of anilines is 1. The Morgan fingerprint density at radius 2 is 1.85 bits per heavy atom. The normalized spacial score (nSPS) is 22.4. The first kappa shape index (κ1) is 23.0. The predicted octanol–water partition coefficient (Wildman–Crippen LogP) is 4.62. The van der Waals surface area contributed by atoms with E-state index in [2.05, 4.69) is 10.6 Å². The first-order chi connectivity index (χ1) is 15.9. The van der Waals surface area contributed by atoms with Crippen LogP contribution in [0.4, 0.5) is 5.13 Å². The number of thiazole rings is 1. The molecule has 0 amide bonds. The molecule has 1 aliphatic rings. The number of carbonyl (C=O) groups is 2. The fourth-order valence-electron chi connectivity index (χ4n) is 4.38. The summed E-state index contributed by atoms with van der Waals surface area (Å²) < 4.78 is 10.3. The number of esters is 2. The summed E-state index contributed by atoms with van der Waals surface area (Å²) in [6.07, 6.45) is 0. The molecule has 4 rings (SSSR count). The van der Waals surface area contributed by atoms with Gasteiger partial charge < -0.3 is 20.1 Å². The predicted molar refractivity (Wildman–Crippen MR) is 130 cm³/mol. The highest BCUT2D eigenvalue weighted by atomic mass is 32.1. The summed E-state index contributed by atoms with van der Waals surface area (Å²) in [5, 5.41) is 11.4. The zero-order chi connectivity index (χ0) is 23.6. The number of ether oxygens (including phenoxy) is 2. The van der Waals surface area contributed by atoms with Crippen LogP contribution in [0.5, 0.6) is 0 Å². The van der Waals surface area contributed by atoms with Crippen molar-refractivity contribution < 1.29 is 19.1 Å². The molecule has 7 nitrogen and oxygen atoms in total. The topological polar surface area (TPSA) is 89.5 Å². The minimum Gasteiger partial charge on any atom is -0.469 e. The van der Waals surface area contributed by atoms with Crippen molar-refractivity contribution >= 4 is 39.7 Å². The van der Waals surface area contributed by atoms with E-state index < -0.39 is 29.4 Å². The van der Waals surface area contributed by atoms with Crippen LogP contribution in [0.15, 0.2) is 64.5 Å². The highest BCUT2D eigenvalue weighted by Crippen LogP contribution is 2.45. The van der Waals surface area contributed by atoms with Gasteiger partial charge in [-0.25, -0.2) is 9.78 Å².